The maximum absolute atomic E-state index is 12.2. The molecule has 0 saturated heterocycles. The van der Waals surface area contributed by atoms with E-state index in [0.717, 1.165) is 36.0 Å². The Labute approximate surface area is 136 Å². The van der Waals surface area contributed by atoms with Crippen LogP contribution in [0.2, 0.25) is 0 Å². The smallest absolute Gasteiger partial charge is 0.301 e. The standard InChI is InChI=1S/C14H24BrN3O2S/c1-4-6-16-7-5-8-18(3)21(19,20)17-14-10-12(2)9-13(15)11-14/h9-11,16-17H,4-8H2,1-3H3. The Morgan fingerprint density at radius 1 is 1.24 bits per heavy atom. The van der Waals surface area contributed by atoms with Crippen LogP contribution in [0.4, 0.5) is 5.69 Å². The molecule has 0 unspecified atom stereocenters. The summed E-state index contributed by atoms with van der Waals surface area (Å²) in [4.78, 5) is 0. The van der Waals surface area contributed by atoms with E-state index < -0.39 is 10.2 Å². The Morgan fingerprint density at radius 3 is 2.57 bits per heavy atom. The van der Waals surface area contributed by atoms with E-state index in [9.17, 15) is 8.42 Å². The zero-order valence-electron chi connectivity index (χ0n) is 12.8. The molecule has 1 aromatic rings. The second-order valence-electron chi connectivity index (χ2n) is 5.05. The van der Waals surface area contributed by atoms with Crippen LogP contribution in [0.1, 0.15) is 25.3 Å². The molecule has 0 aliphatic rings. The molecule has 0 aromatic heterocycles. The number of hydrogen-bond donors (Lipinski definition) is 2. The van der Waals surface area contributed by atoms with Gasteiger partial charge in [0, 0.05) is 18.1 Å². The molecule has 7 heteroatoms. The van der Waals surface area contributed by atoms with E-state index in [-0.39, 0.29) is 0 Å². The zero-order valence-corrected chi connectivity index (χ0v) is 15.2. The minimum atomic E-state index is -3.50. The van der Waals surface area contributed by atoms with Gasteiger partial charge in [-0.25, -0.2) is 0 Å². The van der Waals surface area contributed by atoms with E-state index in [1.807, 2.05) is 13.0 Å². The summed E-state index contributed by atoms with van der Waals surface area (Å²) in [6, 6.07) is 5.49. The Kier molecular flexibility index (Phi) is 7.65. The highest BCUT2D eigenvalue weighted by Crippen LogP contribution is 2.20. The first-order chi connectivity index (χ1) is 9.85. The van der Waals surface area contributed by atoms with Crippen LogP contribution in [-0.2, 0) is 10.2 Å². The molecule has 0 radical (unpaired) electrons. The Balaban J connectivity index is 2.55. The molecule has 5 nitrogen and oxygen atoms in total. The van der Waals surface area contributed by atoms with Crippen molar-refractivity contribution in [2.45, 2.75) is 26.7 Å². The Morgan fingerprint density at radius 2 is 1.95 bits per heavy atom. The van der Waals surface area contributed by atoms with Crippen LogP contribution in [0, 0.1) is 6.92 Å². The van der Waals surface area contributed by atoms with Crippen molar-refractivity contribution < 1.29 is 8.42 Å². The third-order valence-electron chi connectivity index (χ3n) is 2.95. The number of halogens is 1. The molecular formula is C14H24BrN3O2S. The van der Waals surface area contributed by atoms with Gasteiger partial charge in [-0.3, -0.25) is 4.72 Å². The summed E-state index contributed by atoms with van der Waals surface area (Å²) in [7, 11) is -1.91. The third-order valence-corrected chi connectivity index (χ3v) is 4.91. The highest BCUT2D eigenvalue weighted by molar-refractivity contribution is 9.10. The first-order valence-electron chi connectivity index (χ1n) is 7.07. The van der Waals surface area contributed by atoms with Crippen LogP contribution < -0.4 is 10.0 Å². The number of anilines is 1. The number of aryl methyl sites for hydroxylation is 1. The number of nitrogens with zero attached hydrogens (tertiary/aromatic N) is 1. The minimum absolute atomic E-state index is 0.485. The lowest BCUT2D eigenvalue weighted by molar-refractivity contribution is 0.458. The molecule has 0 fully saturated rings. The van der Waals surface area contributed by atoms with Crippen LogP contribution >= 0.6 is 15.9 Å². The van der Waals surface area contributed by atoms with Crippen LogP contribution in [-0.4, -0.2) is 39.4 Å². The second kappa shape index (κ2) is 8.73. The second-order valence-corrected chi connectivity index (χ2v) is 7.74. The molecule has 1 rings (SSSR count). The van der Waals surface area contributed by atoms with Gasteiger partial charge in [0.1, 0.15) is 0 Å². The van der Waals surface area contributed by atoms with Crippen molar-refractivity contribution in [1.29, 1.82) is 0 Å². The van der Waals surface area contributed by atoms with Gasteiger partial charge in [0.2, 0.25) is 0 Å². The first-order valence-corrected chi connectivity index (χ1v) is 9.30. The van der Waals surface area contributed by atoms with Crippen LogP contribution in [0.3, 0.4) is 0 Å². The van der Waals surface area contributed by atoms with E-state index in [4.69, 9.17) is 0 Å². The van der Waals surface area contributed by atoms with Crippen LogP contribution in [0.25, 0.3) is 0 Å². The lowest BCUT2D eigenvalue weighted by Crippen LogP contribution is -2.34. The molecule has 1 aromatic carbocycles. The molecule has 2 N–H and O–H groups in total. The summed E-state index contributed by atoms with van der Waals surface area (Å²) in [6.45, 7) is 6.30. The molecule has 0 bridgehead atoms. The van der Waals surface area contributed by atoms with Crippen LogP contribution in [0.15, 0.2) is 22.7 Å². The minimum Gasteiger partial charge on any atom is -0.317 e. The topological polar surface area (TPSA) is 61.4 Å². The average molecular weight is 378 g/mol. The number of hydrogen-bond acceptors (Lipinski definition) is 3. The molecule has 0 amide bonds. The lowest BCUT2D eigenvalue weighted by Gasteiger charge is -2.18. The maximum Gasteiger partial charge on any atom is 0.301 e. The van der Waals surface area contributed by atoms with Gasteiger partial charge >= 0.3 is 10.2 Å². The van der Waals surface area contributed by atoms with Crippen molar-refractivity contribution in [3.05, 3.63) is 28.2 Å². The number of benzene rings is 1. The molecule has 0 aliphatic carbocycles. The van der Waals surface area contributed by atoms with E-state index in [1.54, 1.807) is 19.2 Å². The summed E-state index contributed by atoms with van der Waals surface area (Å²) >= 11 is 3.37. The van der Waals surface area contributed by atoms with Gasteiger partial charge in [0.25, 0.3) is 0 Å². The predicted octanol–water partition coefficient (Wildman–Crippen LogP) is 2.74. The monoisotopic (exact) mass is 377 g/mol. The van der Waals surface area contributed by atoms with Gasteiger partial charge in [0.05, 0.1) is 5.69 Å². The average Bonchev–Trinajstić information content (AvgIpc) is 2.36. The fourth-order valence-corrected chi connectivity index (χ4v) is 3.42. The molecule has 0 heterocycles. The van der Waals surface area contributed by atoms with Gasteiger partial charge in [-0.1, -0.05) is 22.9 Å². The molecule has 0 saturated carbocycles. The summed E-state index contributed by atoms with van der Waals surface area (Å²) in [5, 5.41) is 3.26. The Bertz CT molecular complexity index is 529. The fraction of sp³-hybridized carbons (Fsp3) is 0.571. The van der Waals surface area contributed by atoms with Crippen molar-refractivity contribution >= 4 is 31.8 Å². The molecule has 21 heavy (non-hydrogen) atoms. The summed E-state index contributed by atoms with van der Waals surface area (Å²) in [6.07, 6.45) is 1.87. The van der Waals surface area contributed by atoms with Crippen molar-refractivity contribution in [2.24, 2.45) is 0 Å². The van der Waals surface area contributed by atoms with Crippen molar-refractivity contribution in [2.75, 3.05) is 31.4 Å². The molecule has 0 atom stereocenters. The maximum atomic E-state index is 12.2. The third kappa shape index (κ3) is 6.78. The summed E-state index contributed by atoms with van der Waals surface area (Å²) in [5.74, 6) is 0. The first kappa shape index (κ1) is 18.4. The lowest BCUT2D eigenvalue weighted by atomic mass is 10.2. The molecule has 0 aliphatic heterocycles. The normalized spacial score (nSPS) is 11.9. The zero-order chi connectivity index (χ0) is 15.9. The van der Waals surface area contributed by atoms with Gasteiger partial charge < -0.3 is 5.32 Å². The highest BCUT2D eigenvalue weighted by Gasteiger charge is 2.17. The highest BCUT2D eigenvalue weighted by atomic mass is 79.9. The van der Waals surface area contributed by atoms with Crippen molar-refractivity contribution in [1.82, 2.24) is 9.62 Å². The van der Waals surface area contributed by atoms with E-state index in [0.29, 0.717) is 12.2 Å². The van der Waals surface area contributed by atoms with Gasteiger partial charge in [-0.15, -0.1) is 0 Å². The largest absolute Gasteiger partial charge is 0.317 e. The van der Waals surface area contributed by atoms with Crippen molar-refractivity contribution in [3.63, 3.8) is 0 Å². The number of rotatable bonds is 9. The quantitative estimate of drug-likeness (QED) is 0.650. The van der Waals surface area contributed by atoms with Gasteiger partial charge in [-0.2, -0.15) is 12.7 Å². The predicted molar refractivity (Wildman–Crippen MR) is 91.8 cm³/mol. The molecule has 0 spiro atoms. The van der Waals surface area contributed by atoms with E-state index >= 15 is 0 Å². The molecular weight excluding hydrogens is 354 g/mol. The van der Waals surface area contributed by atoms with E-state index in [2.05, 4.69) is 32.9 Å². The number of nitrogens with one attached hydrogen (secondary N) is 2. The fourth-order valence-electron chi connectivity index (χ4n) is 1.87. The summed E-state index contributed by atoms with van der Waals surface area (Å²) in [5.41, 5.74) is 1.56. The SMILES string of the molecule is CCCNCCCN(C)S(=O)(=O)Nc1cc(C)cc(Br)c1. The van der Waals surface area contributed by atoms with Crippen LogP contribution in [0.5, 0.6) is 0 Å². The molecule has 120 valence electrons. The van der Waals surface area contributed by atoms with Gasteiger partial charge in [-0.05, 0) is 56.6 Å². The van der Waals surface area contributed by atoms with Crippen molar-refractivity contribution in [3.8, 4) is 0 Å². The Hall–Kier alpha value is -0.630. The summed E-state index contributed by atoms with van der Waals surface area (Å²) < 4.78 is 29.2. The van der Waals surface area contributed by atoms with E-state index in [1.165, 1.54) is 4.31 Å². The van der Waals surface area contributed by atoms with Gasteiger partial charge in [0.15, 0.2) is 0 Å².